The minimum absolute atomic E-state index is 0.107. The van der Waals surface area contributed by atoms with E-state index in [9.17, 15) is 4.39 Å². The standard InChI is InChI=1S/C15H18Cl2FN3/c1-4-19-14(10-6-5-7-12(18)13(10)17)15-11(16)8-20-21(15)9(2)3/h5-9,14,19H,4H2,1-3H3. The van der Waals surface area contributed by atoms with Gasteiger partial charge in [0.25, 0.3) is 0 Å². The van der Waals surface area contributed by atoms with Crippen molar-refractivity contribution in [3.63, 3.8) is 0 Å². The Morgan fingerprint density at radius 3 is 2.67 bits per heavy atom. The van der Waals surface area contributed by atoms with Gasteiger partial charge in [-0.25, -0.2) is 4.39 Å². The molecule has 0 amide bonds. The van der Waals surface area contributed by atoms with Crippen LogP contribution in [0.25, 0.3) is 0 Å². The van der Waals surface area contributed by atoms with Crippen LogP contribution in [-0.4, -0.2) is 16.3 Å². The summed E-state index contributed by atoms with van der Waals surface area (Å²) in [6.45, 7) is 6.70. The molecule has 0 radical (unpaired) electrons. The van der Waals surface area contributed by atoms with Crippen molar-refractivity contribution in [1.29, 1.82) is 0 Å². The van der Waals surface area contributed by atoms with Crippen LogP contribution in [0.2, 0.25) is 10.0 Å². The Kier molecular flexibility index (Phi) is 5.25. The molecule has 1 heterocycles. The summed E-state index contributed by atoms with van der Waals surface area (Å²) in [5.74, 6) is -0.441. The van der Waals surface area contributed by atoms with Gasteiger partial charge in [-0.1, -0.05) is 42.3 Å². The second-order valence-corrected chi connectivity index (χ2v) is 5.83. The van der Waals surface area contributed by atoms with Gasteiger partial charge in [0.1, 0.15) is 5.82 Å². The first kappa shape index (κ1) is 16.3. The lowest BCUT2D eigenvalue weighted by Crippen LogP contribution is -2.26. The fourth-order valence-corrected chi connectivity index (χ4v) is 2.81. The summed E-state index contributed by atoms with van der Waals surface area (Å²) in [6, 6.07) is 4.62. The molecule has 0 bridgehead atoms. The molecule has 2 aromatic rings. The van der Waals surface area contributed by atoms with E-state index in [2.05, 4.69) is 10.4 Å². The number of benzene rings is 1. The molecule has 0 fully saturated rings. The zero-order chi connectivity index (χ0) is 15.6. The molecular weight excluding hydrogens is 312 g/mol. The predicted octanol–water partition coefficient (Wildman–Crippen LogP) is 4.61. The Labute approximate surface area is 134 Å². The van der Waals surface area contributed by atoms with E-state index in [0.717, 1.165) is 5.69 Å². The minimum Gasteiger partial charge on any atom is -0.305 e. The first-order valence-corrected chi connectivity index (χ1v) is 7.63. The van der Waals surface area contributed by atoms with Gasteiger partial charge >= 0.3 is 0 Å². The number of rotatable bonds is 5. The molecule has 114 valence electrons. The van der Waals surface area contributed by atoms with E-state index in [1.165, 1.54) is 6.07 Å². The SMILES string of the molecule is CCNC(c1cccc(F)c1Cl)c1c(Cl)cnn1C(C)C. The van der Waals surface area contributed by atoms with E-state index >= 15 is 0 Å². The van der Waals surface area contributed by atoms with Crippen molar-refractivity contribution in [2.75, 3.05) is 6.54 Å². The van der Waals surface area contributed by atoms with Crippen molar-refractivity contribution in [1.82, 2.24) is 15.1 Å². The zero-order valence-corrected chi connectivity index (χ0v) is 13.7. The van der Waals surface area contributed by atoms with E-state index in [1.54, 1.807) is 18.3 Å². The molecule has 0 aliphatic rings. The van der Waals surface area contributed by atoms with Crippen LogP contribution in [0.4, 0.5) is 4.39 Å². The fourth-order valence-electron chi connectivity index (χ4n) is 2.33. The van der Waals surface area contributed by atoms with Crippen molar-refractivity contribution in [3.8, 4) is 0 Å². The first-order chi connectivity index (χ1) is 9.97. The molecule has 3 nitrogen and oxygen atoms in total. The number of aromatic nitrogens is 2. The Hall–Kier alpha value is -1.10. The maximum Gasteiger partial charge on any atom is 0.142 e. The Morgan fingerprint density at radius 2 is 2.05 bits per heavy atom. The van der Waals surface area contributed by atoms with Crippen LogP contribution in [0.5, 0.6) is 0 Å². The van der Waals surface area contributed by atoms with E-state index in [-0.39, 0.29) is 17.1 Å². The average Bonchev–Trinajstić information content (AvgIpc) is 2.82. The summed E-state index contributed by atoms with van der Waals surface area (Å²) in [6.07, 6.45) is 1.61. The summed E-state index contributed by atoms with van der Waals surface area (Å²) in [4.78, 5) is 0. The van der Waals surface area contributed by atoms with E-state index in [1.807, 2.05) is 25.5 Å². The van der Waals surface area contributed by atoms with Gasteiger partial charge in [-0.05, 0) is 32.0 Å². The largest absolute Gasteiger partial charge is 0.305 e. The van der Waals surface area contributed by atoms with Gasteiger partial charge in [0.05, 0.1) is 28.0 Å². The normalized spacial score (nSPS) is 12.9. The maximum atomic E-state index is 13.8. The van der Waals surface area contributed by atoms with Gasteiger partial charge < -0.3 is 5.32 Å². The van der Waals surface area contributed by atoms with Gasteiger partial charge in [-0.2, -0.15) is 5.10 Å². The number of halogens is 3. The lowest BCUT2D eigenvalue weighted by molar-refractivity contribution is 0.475. The second-order valence-electron chi connectivity index (χ2n) is 5.05. The summed E-state index contributed by atoms with van der Waals surface area (Å²) >= 11 is 12.4. The van der Waals surface area contributed by atoms with Crippen LogP contribution >= 0.6 is 23.2 Å². The van der Waals surface area contributed by atoms with Crippen molar-refractivity contribution in [2.45, 2.75) is 32.9 Å². The van der Waals surface area contributed by atoms with Gasteiger partial charge in [-0.3, -0.25) is 4.68 Å². The third-order valence-electron chi connectivity index (χ3n) is 3.25. The molecule has 1 unspecified atom stereocenters. The monoisotopic (exact) mass is 329 g/mol. The van der Waals surface area contributed by atoms with Crippen LogP contribution in [0.15, 0.2) is 24.4 Å². The highest BCUT2D eigenvalue weighted by molar-refractivity contribution is 6.32. The van der Waals surface area contributed by atoms with Gasteiger partial charge in [-0.15, -0.1) is 0 Å². The molecule has 1 aromatic carbocycles. The molecule has 2 rings (SSSR count). The van der Waals surface area contributed by atoms with Crippen molar-refractivity contribution in [3.05, 3.63) is 51.5 Å². The molecule has 21 heavy (non-hydrogen) atoms. The Morgan fingerprint density at radius 1 is 1.33 bits per heavy atom. The fraction of sp³-hybridized carbons (Fsp3) is 0.400. The van der Waals surface area contributed by atoms with Crippen LogP contribution in [0, 0.1) is 5.82 Å². The lowest BCUT2D eigenvalue weighted by atomic mass is 10.0. The Bertz CT molecular complexity index is 625. The molecule has 0 aliphatic carbocycles. The molecule has 0 saturated heterocycles. The predicted molar refractivity (Wildman–Crippen MR) is 84.6 cm³/mol. The summed E-state index contributed by atoms with van der Waals surface area (Å²) in [5, 5.41) is 8.26. The van der Waals surface area contributed by atoms with Crippen molar-refractivity contribution < 1.29 is 4.39 Å². The lowest BCUT2D eigenvalue weighted by Gasteiger charge is -2.23. The Balaban J connectivity index is 2.59. The highest BCUT2D eigenvalue weighted by atomic mass is 35.5. The minimum atomic E-state index is -0.441. The molecule has 1 atom stereocenters. The number of nitrogens with zero attached hydrogens (tertiary/aromatic N) is 2. The van der Waals surface area contributed by atoms with Crippen molar-refractivity contribution in [2.24, 2.45) is 0 Å². The molecule has 1 aromatic heterocycles. The molecule has 6 heteroatoms. The van der Waals surface area contributed by atoms with E-state index in [0.29, 0.717) is 17.1 Å². The zero-order valence-electron chi connectivity index (χ0n) is 12.2. The quantitative estimate of drug-likeness (QED) is 0.868. The number of hydrogen-bond acceptors (Lipinski definition) is 2. The molecule has 0 spiro atoms. The smallest absolute Gasteiger partial charge is 0.142 e. The van der Waals surface area contributed by atoms with E-state index in [4.69, 9.17) is 23.2 Å². The second kappa shape index (κ2) is 6.77. The number of nitrogens with one attached hydrogen (secondary N) is 1. The highest BCUT2D eigenvalue weighted by Crippen LogP contribution is 2.34. The summed E-state index contributed by atoms with van der Waals surface area (Å²) in [7, 11) is 0. The molecule has 0 aliphatic heterocycles. The van der Waals surface area contributed by atoms with Crippen LogP contribution in [-0.2, 0) is 0 Å². The highest BCUT2D eigenvalue weighted by Gasteiger charge is 2.25. The van der Waals surface area contributed by atoms with Crippen LogP contribution < -0.4 is 5.32 Å². The average molecular weight is 330 g/mol. The topological polar surface area (TPSA) is 29.9 Å². The number of hydrogen-bond donors (Lipinski definition) is 1. The van der Waals surface area contributed by atoms with E-state index < -0.39 is 5.82 Å². The summed E-state index contributed by atoms with van der Waals surface area (Å²) < 4.78 is 15.6. The van der Waals surface area contributed by atoms with Gasteiger partial charge in [0.2, 0.25) is 0 Å². The maximum absolute atomic E-state index is 13.8. The van der Waals surface area contributed by atoms with Crippen LogP contribution in [0.3, 0.4) is 0 Å². The summed E-state index contributed by atoms with van der Waals surface area (Å²) in [5.41, 5.74) is 1.45. The first-order valence-electron chi connectivity index (χ1n) is 6.87. The molecule has 0 saturated carbocycles. The molecule has 1 N–H and O–H groups in total. The van der Waals surface area contributed by atoms with Crippen LogP contribution in [0.1, 0.15) is 44.1 Å². The van der Waals surface area contributed by atoms with Gasteiger partial charge in [0, 0.05) is 6.04 Å². The third kappa shape index (κ3) is 3.23. The third-order valence-corrected chi connectivity index (χ3v) is 3.94. The molecular formula is C15H18Cl2FN3. The van der Waals surface area contributed by atoms with Gasteiger partial charge in [0.15, 0.2) is 0 Å². The van der Waals surface area contributed by atoms with Crippen molar-refractivity contribution >= 4 is 23.2 Å².